The van der Waals surface area contributed by atoms with Crippen LogP contribution in [0.5, 0.6) is 11.5 Å². The molecule has 0 aliphatic rings. The van der Waals surface area contributed by atoms with Crippen molar-refractivity contribution >= 4 is 54.8 Å². The Bertz CT molecular complexity index is 1010. The molecule has 0 aliphatic heterocycles. The number of benzene rings is 3. The van der Waals surface area contributed by atoms with Gasteiger partial charge >= 0.3 is 0 Å². The number of rotatable bonds is 5. The van der Waals surface area contributed by atoms with Gasteiger partial charge in [-0.3, -0.25) is 4.79 Å². The summed E-state index contributed by atoms with van der Waals surface area (Å²) in [6.07, 6.45) is 1.43. The summed E-state index contributed by atoms with van der Waals surface area (Å²) in [5.74, 6) is 0.293. The molecule has 138 valence electrons. The van der Waals surface area contributed by atoms with Crippen LogP contribution in [0.4, 0.5) is 0 Å². The smallest absolute Gasteiger partial charge is 0.277 e. The van der Waals surface area contributed by atoms with E-state index in [1.54, 1.807) is 6.07 Å². The highest BCUT2D eigenvalue weighted by Gasteiger charge is 2.10. The number of hydrazone groups is 1. The maximum atomic E-state index is 12.0. The van der Waals surface area contributed by atoms with E-state index in [9.17, 15) is 9.90 Å². The second kappa shape index (κ2) is 8.54. The maximum absolute atomic E-state index is 12.0. The number of phenols is 1. The molecule has 0 aromatic heterocycles. The zero-order chi connectivity index (χ0) is 19.4. The van der Waals surface area contributed by atoms with Gasteiger partial charge in [-0.1, -0.05) is 46.3 Å². The van der Waals surface area contributed by atoms with Gasteiger partial charge < -0.3 is 9.84 Å². The molecule has 0 saturated carbocycles. The van der Waals surface area contributed by atoms with Gasteiger partial charge in [-0.05, 0) is 57.4 Å². The Morgan fingerprint density at radius 3 is 2.78 bits per heavy atom. The number of carbonyl (C=O) groups excluding carboxylic acids is 1. The van der Waals surface area contributed by atoms with Gasteiger partial charge in [0.25, 0.3) is 5.91 Å². The molecule has 2 N–H and O–H groups in total. The number of carbonyl (C=O) groups is 1. The summed E-state index contributed by atoms with van der Waals surface area (Å²) in [6, 6.07) is 14.8. The molecule has 0 heterocycles. The Morgan fingerprint density at radius 1 is 1.22 bits per heavy atom. The molecule has 5 nitrogen and oxygen atoms in total. The maximum Gasteiger partial charge on any atom is 0.277 e. The Kier molecular flexibility index (Phi) is 6.13. The van der Waals surface area contributed by atoms with Crippen molar-refractivity contribution in [3.63, 3.8) is 0 Å². The molecule has 0 saturated heterocycles. The van der Waals surface area contributed by atoms with Crippen LogP contribution in [-0.4, -0.2) is 23.8 Å². The SMILES string of the molecule is Cc1cc(Br)cc(Br)c1OCC(=O)NN=Cc1c(O)ccc2ccccc12. The van der Waals surface area contributed by atoms with Gasteiger partial charge in [-0.15, -0.1) is 0 Å². The molecule has 3 aromatic rings. The van der Waals surface area contributed by atoms with E-state index in [1.807, 2.05) is 49.4 Å². The summed E-state index contributed by atoms with van der Waals surface area (Å²) in [7, 11) is 0. The molecule has 0 unspecified atom stereocenters. The average Bonchev–Trinajstić information content (AvgIpc) is 2.62. The van der Waals surface area contributed by atoms with E-state index >= 15 is 0 Å². The number of nitrogens with one attached hydrogen (secondary N) is 1. The second-order valence-corrected chi connectivity index (χ2v) is 7.60. The van der Waals surface area contributed by atoms with Crippen LogP contribution in [0.1, 0.15) is 11.1 Å². The van der Waals surface area contributed by atoms with Gasteiger partial charge in [-0.2, -0.15) is 5.10 Å². The fourth-order valence-corrected chi connectivity index (χ4v) is 4.18. The molecular weight excluding hydrogens is 476 g/mol. The lowest BCUT2D eigenvalue weighted by molar-refractivity contribution is -0.123. The minimum Gasteiger partial charge on any atom is -0.507 e. The van der Waals surface area contributed by atoms with Gasteiger partial charge in [0.05, 0.1) is 10.7 Å². The van der Waals surface area contributed by atoms with Crippen molar-refractivity contribution in [3.05, 3.63) is 68.6 Å². The standard InChI is InChI=1S/C20H16Br2N2O3/c1-12-8-14(21)9-17(22)20(12)27-11-19(26)24-23-10-16-15-5-3-2-4-13(15)6-7-18(16)25/h2-10,25H,11H2,1H3,(H,24,26). The average molecular weight is 492 g/mol. The molecule has 0 fully saturated rings. The molecule has 0 spiro atoms. The van der Waals surface area contributed by atoms with Crippen molar-refractivity contribution in [1.82, 2.24) is 5.43 Å². The fraction of sp³-hybridized carbons (Fsp3) is 0.100. The lowest BCUT2D eigenvalue weighted by Crippen LogP contribution is -2.24. The predicted molar refractivity (Wildman–Crippen MR) is 113 cm³/mol. The molecular formula is C20H16Br2N2O3. The van der Waals surface area contributed by atoms with Crippen molar-refractivity contribution < 1.29 is 14.6 Å². The predicted octanol–water partition coefficient (Wildman–Crippen LogP) is 4.91. The summed E-state index contributed by atoms with van der Waals surface area (Å²) >= 11 is 6.82. The quantitative estimate of drug-likeness (QED) is 0.393. The van der Waals surface area contributed by atoms with Crippen LogP contribution in [-0.2, 0) is 4.79 Å². The van der Waals surface area contributed by atoms with Crippen LogP contribution in [0.15, 0.2) is 62.6 Å². The number of hydrogen-bond donors (Lipinski definition) is 2. The van der Waals surface area contributed by atoms with Crippen LogP contribution in [0, 0.1) is 6.92 Å². The van der Waals surface area contributed by atoms with Crippen molar-refractivity contribution in [2.24, 2.45) is 5.10 Å². The zero-order valence-electron chi connectivity index (χ0n) is 14.4. The molecule has 3 aromatic carbocycles. The summed E-state index contributed by atoms with van der Waals surface area (Å²) in [5.41, 5.74) is 3.85. The summed E-state index contributed by atoms with van der Waals surface area (Å²) < 4.78 is 7.25. The van der Waals surface area contributed by atoms with Crippen molar-refractivity contribution in [2.45, 2.75) is 6.92 Å². The summed E-state index contributed by atoms with van der Waals surface area (Å²) in [6.45, 7) is 1.71. The molecule has 0 radical (unpaired) electrons. The number of fused-ring (bicyclic) bond motifs is 1. The van der Waals surface area contributed by atoms with Crippen molar-refractivity contribution in [2.75, 3.05) is 6.61 Å². The minimum absolute atomic E-state index is 0.0948. The van der Waals surface area contributed by atoms with E-state index < -0.39 is 5.91 Å². The van der Waals surface area contributed by atoms with Gasteiger partial charge in [-0.25, -0.2) is 5.43 Å². The Hall–Kier alpha value is -2.38. The highest BCUT2D eigenvalue weighted by Crippen LogP contribution is 2.32. The van der Waals surface area contributed by atoms with E-state index in [0.717, 1.165) is 25.3 Å². The minimum atomic E-state index is -0.403. The van der Waals surface area contributed by atoms with Crippen LogP contribution < -0.4 is 10.2 Å². The monoisotopic (exact) mass is 490 g/mol. The summed E-state index contributed by atoms with van der Waals surface area (Å²) in [4.78, 5) is 12.0. The van der Waals surface area contributed by atoms with E-state index in [1.165, 1.54) is 6.21 Å². The number of aromatic hydroxyl groups is 1. The third kappa shape index (κ3) is 4.67. The number of ether oxygens (including phenoxy) is 1. The Balaban J connectivity index is 1.66. The molecule has 1 amide bonds. The first kappa shape index (κ1) is 19.4. The lowest BCUT2D eigenvalue weighted by atomic mass is 10.0. The van der Waals surface area contributed by atoms with Crippen LogP contribution in [0.2, 0.25) is 0 Å². The number of aryl methyl sites for hydroxylation is 1. The third-order valence-corrected chi connectivity index (χ3v) is 4.92. The number of phenolic OH excluding ortho intramolecular Hbond substituents is 1. The Labute approximate surface area is 173 Å². The first-order valence-electron chi connectivity index (χ1n) is 8.07. The molecule has 0 aliphatic carbocycles. The van der Waals surface area contributed by atoms with Crippen molar-refractivity contribution in [3.8, 4) is 11.5 Å². The highest BCUT2D eigenvalue weighted by molar-refractivity contribution is 9.11. The van der Waals surface area contributed by atoms with Crippen LogP contribution in [0.3, 0.4) is 0 Å². The van der Waals surface area contributed by atoms with E-state index in [4.69, 9.17) is 4.74 Å². The summed E-state index contributed by atoms with van der Waals surface area (Å²) in [5, 5.41) is 15.8. The lowest BCUT2D eigenvalue weighted by Gasteiger charge is -2.11. The number of halogens is 2. The van der Waals surface area contributed by atoms with E-state index in [2.05, 4.69) is 42.4 Å². The number of hydrogen-bond acceptors (Lipinski definition) is 4. The molecule has 7 heteroatoms. The molecule has 3 rings (SSSR count). The first-order chi connectivity index (χ1) is 13.0. The topological polar surface area (TPSA) is 70.9 Å². The van der Waals surface area contributed by atoms with Gasteiger partial charge in [0, 0.05) is 10.0 Å². The van der Waals surface area contributed by atoms with Gasteiger partial charge in [0.2, 0.25) is 0 Å². The molecule has 0 atom stereocenters. The van der Waals surface area contributed by atoms with Crippen LogP contribution in [0.25, 0.3) is 10.8 Å². The normalized spacial score (nSPS) is 11.1. The van der Waals surface area contributed by atoms with E-state index in [-0.39, 0.29) is 12.4 Å². The molecule has 0 bridgehead atoms. The van der Waals surface area contributed by atoms with Gasteiger partial charge in [0.1, 0.15) is 11.5 Å². The van der Waals surface area contributed by atoms with Crippen LogP contribution >= 0.6 is 31.9 Å². The zero-order valence-corrected chi connectivity index (χ0v) is 17.5. The Morgan fingerprint density at radius 2 is 2.00 bits per heavy atom. The largest absolute Gasteiger partial charge is 0.507 e. The van der Waals surface area contributed by atoms with Crippen molar-refractivity contribution in [1.29, 1.82) is 0 Å². The fourth-order valence-electron chi connectivity index (χ4n) is 2.63. The first-order valence-corrected chi connectivity index (χ1v) is 9.65. The highest BCUT2D eigenvalue weighted by atomic mass is 79.9. The number of nitrogens with zero attached hydrogens (tertiary/aromatic N) is 1. The third-order valence-electron chi connectivity index (χ3n) is 3.87. The number of amides is 1. The second-order valence-electron chi connectivity index (χ2n) is 5.83. The van der Waals surface area contributed by atoms with Gasteiger partial charge in [0.15, 0.2) is 6.61 Å². The van der Waals surface area contributed by atoms with E-state index in [0.29, 0.717) is 11.3 Å². The molecule has 27 heavy (non-hydrogen) atoms.